The summed E-state index contributed by atoms with van der Waals surface area (Å²) >= 11 is 0. The van der Waals surface area contributed by atoms with E-state index in [4.69, 9.17) is 0 Å². The number of imidazole rings is 1. The quantitative estimate of drug-likeness (QED) is 0.242. The van der Waals surface area contributed by atoms with E-state index < -0.39 is 0 Å². The number of aromatic nitrogens is 2. The number of hydrogen-bond acceptors (Lipinski definition) is 0. The molecule has 1 heterocycles. The molecule has 0 spiro atoms. The average Bonchev–Trinajstić information content (AvgIpc) is 2.99. The summed E-state index contributed by atoms with van der Waals surface area (Å²) in [6.45, 7) is 9.13. The van der Waals surface area contributed by atoms with Crippen LogP contribution in [0.3, 0.4) is 0 Å². The zero-order valence-electron chi connectivity index (χ0n) is 16.9. The molecule has 2 heteroatoms. The van der Waals surface area contributed by atoms with Gasteiger partial charge in [-0.15, -0.1) is 0 Å². The Morgan fingerprint density at radius 2 is 1.25 bits per heavy atom. The van der Waals surface area contributed by atoms with E-state index in [-0.39, 0.29) is 0 Å². The van der Waals surface area contributed by atoms with Gasteiger partial charge >= 0.3 is 0 Å². The van der Waals surface area contributed by atoms with Crippen molar-refractivity contribution in [3.8, 4) is 0 Å². The molecular weight excluding hydrogens is 292 g/mol. The van der Waals surface area contributed by atoms with Crippen molar-refractivity contribution in [2.75, 3.05) is 0 Å². The molecule has 0 aliphatic rings. The smallest absolute Gasteiger partial charge is 0.235 e. The summed E-state index contributed by atoms with van der Waals surface area (Å²) in [5, 5.41) is 0. The van der Waals surface area contributed by atoms with Gasteiger partial charge in [0.2, 0.25) is 0 Å². The predicted molar refractivity (Wildman–Crippen MR) is 105 cm³/mol. The second-order valence-corrected chi connectivity index (χ2v) is 7.33. The van der Waals surface area contributed by atoms with Gasteiger partial charge in [-0.3, -0.25) is 0 Å². The molecule has 0 radical (unpaired) electrons. The van der Waals surface area contributed by atoms with Gasteiger partial charge in [-0.25, -0.2) is 9.13 Å². The van der Waals surface area contributed by atoms with Gasteiger partial charge in [-0.05, 0) is 19.8 Å². The van der Waals surface area contributed by atoms with Crippen molar-refractivity contribution in [2.45, 2.75) is 124 Å². The third-order valence-corrected chi connectivity index (χ3v) is 5.19. The van der Waals surface area contributed by atoms with Gasteiger partial charge in [-0.1, -0.05) is 84.5 Å². The van der Waals surface area contributed by atoms with Crippen LogP contribution in [0.1, 0.15) is 110 Å². The first kappa shape index (κ1) is 21.3. The number of unbranched alkanes of at least 4 members (excludes halogenated alkanes) is 11. The summed E-state index contributed by atoms with van der Waals surface area (Å²) < 4.78 is 4.93. The molecule has 0 fully saturated rings. The SMILES string of the molecule is CCCCCCCCCCCCCc1n(CCCC)cc[n+]1CC. The maximum Gasteiger partial charge on any atom is 0.256 e. The summed E-state index contributed by atoms with van der Waals surface area (Å²) in [5.74, 6) is 1.54. The number of hydrogen-bond donors (Lipinski definition) is 0. The minimum absolute atomic E-state index is 1.10. The molecule has 24 heavy (non-hydrogen) atoms. The first-order valence-electron chi connectivity index (χ1n) is 10.9. The lowest BCUT2D eigenvalue weighted by Crippen LogP contribution is -2.36. The summed E-state index contributed by atoms with van der Waals surface area (Å²) in [6, 6.07) is 0. The van der Waals surface area contributed by atoms with Crippen LogP contribution < -0.4 is 4.57 Å². The third-order valence-electron chi connectivity index (χ3n) is 5.19. The van der Waals surface area contributed by atoms with Gasteiger partial charge in [0.1, 0.15) is 12.4 Å². The van der Waals surface area contributed by atoms with Crippen molar-refractivity contribution in [1.29, 1.82) is 0 Å². The van der Waals surface area contributed by atoms with Crippen molar-refractivity contribution in [3.05, 3.63) is 18.2 Å². The highest BCUT2D eigenvalue weighted by Crippen LogP contribution is 2.12. The lowest BCUT2D eigenvalue weighted by atomic mass is 10.1. The zero-order chi connectivity index (χ0) is 17.5. The highest BCUT2D eigenvalue weighted by Gasteiger charge is 2.14. The molecule has 0 aliphatic carbocycles. The van der Waals surface area contributed by atoms with Gasteiger partial charge in [-0.2, -0.15) is 0 Å². The van der Waals surface area contributed by atoms with Crippen LogP contribution in [-0.4, -0.2) is 4.57 Å². The van der Waals surface area contributed by atoms with Crippen molar-refractivity contribution in [3.63, 3.8) is 0 Å². The van der Waals surface area contributed by atoms with E-state index in [9.17, 15) is 0 Å². The van der Waals surface area contributed by atoms with E-state index in [2.05, 4.69) is 42.3 Å². The zero-order valence-corrected chi connectivity index (χ0v) is 16.9. The third kappa shape index (κ3) is 8.89. The molecule has 2 nitrogen and oxygen atoms in total. The Labute approximate surface area is 151 Å². The molecule has 0 aromatic carbocycles. The van der Waals surface area contributed by atoms with Crippen LogP contribution in [0.15, 0.2) is 12.4 Å². The van der Waals surface area contributed by atoms with E-state index in [1.165, 1.54) is 96.4 Å². The topological polar surface area (TPSA) is 8.81 Å². The highest BCUT2D eigenvalue weighted by molar-refractivity contribution is 4.84. The standard InChI is InChI=1S/C22H43N2/c1-4-7-9-10-11-12-13-14-15-16-17-18-22-23(6-3)20-21-24(22)19-8-5-2/h20-21H,4-19H2,1-3H3/q+1. The molecule has 1 aromatic heterocycles. The molecule has 0 N–H and O–H groups in total. The monoisotopic (exact) mass is 335 g/mol. The van der Waals surface area contributed by atoms with E-state index in [1.807, 2.05) is 0 Å². The average molecular weight is 336 g/mol. The maximum absolute atomic E-state index is 2.49. The minimum Gasteiger partial charge on any atom is -0.235 e. The molecule has 0 saturated carbocycles. The molecule has 0 saturated heterocycles. The Morgan fingerprint density at radius 1 is 0.708 bits per heavy atom. The van der Waals surface area contributed by atoms with Crippen LogP contribution in [0.2, 0.25) is 0 Å². The largest absolute Gasteiger partial charge is 0.256 e. The molecule has 0 unspecified atom stereocenters. The molecule has 0 aliphatic heterocycles. The van der Waals surface area contributed by atoms with Crippen molar-refractivity contribution in [1.82, 2.24) is 4.57 Å². The van der Waals surface area contributed by atoms with E-state index in [0.717, 1.165) is 6.54 Å². The number of rotatable bonds is 16. The first-order valence-corrected chi connectivity index (χ1v) is 10.9. The van der Waals surface area contributed by atoms with Crippen LogP contribution >= 0.6 is 0 Å². The Kier molecular flexibility index (Phi) is 12.9. The fourth-order valence-corrected chi connectivity index (χ4v) is 3.55. The summed E-state index contributed by atoms with van der Waals surface area (Å²) in [7, 11) is 0. The van der Waals surface area contributed by atoms with E-state index >= 15 is 0 Å². The lowest BCUT2D eigenvalue weighted by Gasteiger charge is -2.05. The van der Waals surface area contributed by atoms with Crippen LogP contribution in [-0.2, 0) is 19.5 Å². The molecule has 0 atom stereocenters. The molecule has 0 amide bonds. The predicted octanol–water partition coefficient (Wildman–Crippen LogP) is 6.45. The Morgan fingerprint density at radius 3 is 1.79 bits per heavy atom. The van der Waals surface area contributed by atoms with Crippen LogP contribution in [0, 0.1) is 0 Å². The van der Waals surface area contributed by atoms with Crippen molar-refractivity contribution < 1.29 is 4.57 Å². The van der Waals surface area contributed by atoms with Crippen molar-refractivity contribution >= 4 is 0 Å². The van der Waals surface area contributed by atoms with Gasteiger partial charge < -0.3 is 0 Å². The van der Waals surface area contributed by atoms with Crippen LogP contribution in [0.5, 0.6) is 0 Å². The summed E-state index contributed by atoms with van der Waals surface area (Å²) in [5.41, 5.74) is 0. The Hall–Kier alpha value is -0.790. The molecule has 1 aromatic rings. The maximum atomic E-state index is 2.49. The van der Waals surface area contributed by atoms with Gasteiger partial charge in [0.15, 0.2) is 0 Å². The van der Waals surface area contributed by atoms with Crippen molar-refractivity contribution in [2.24, 2.45) is 0 Å². The minimum atomic E-state index is 1.10. The Balaban J connectivity index is 2.09. The number of nitrogens with zero attached hydrogens (tertiary/aromatic N) is 2. The van der Waals surface area contributed by atoms with Gasteiger partial charge in [0.25, 0.3) is 5.82 Å². The fourth-order valence-electron chi connectivity index (χ4n) is 3.55. The normalized spacial score (nSPS) is 11.3. The molecule has 0 bridgehead atoms. The lowest BCUT2D eigenvalue weighted by molar-refractivity contribution is -0.700. The molecule has 1 rings (SSSR count). The second kappa shape index (κ2) is 14.5. The highest BCUT2D eigenvalue weighted by atomic mass is 15.1. The number of aryl methyl sites for hydroxylation is 2. The van der Waals surface area contributed by atoms with Gasteiger partial charge in [0.05, 0.1) is 13.1 Å². The Bertz CT molecular complexity index is 395. The summed E-state index contributed by atoms with van der Waals surface area (Å²) in [6.07, 6.45) is 24.1. The van der Waals surface area contributed by atoms with E-state index in [0.29, 0.717) is 0 Å². The molecular formula is C22H43N2+. The molecule has 140 valence electrons. The van der Waals surface area contributed by atoms with Gasteiger partial charge in [0, 0.05) is 6.42 Å². The summed E-state index contributed by atoms with van der Waals surface area (Å²) in [4.78, 5) is 0. The van der Waals surface area contributed by atoms with Crippen LogP contribution in [0.25, 0.3) is 0 Å². The second-order valence-electron chi connectivity index (χ2n) is 7.33. The first-order chi connectivity index (χ1) is 11.8. The fraction of sp³-hybridized carbons (Fsp3) is 0.864. The van der Waals surface area contributed by atoms with Crippen LogP contribution in [0.4, 0.5) is 0 Å². The van der Waals surface area contributed by atoms with E-state index in [1.54, 1.807) is 5.82 Å².